The van der Waals surface area contributed by atoms with E-state index in [4.69, 9.17) is 5.11 Å². The van der Waals surface area contributed by atoms with Gasteiger partial charge in [0.15, 0.2) is 11.6 Å². The molecule has 0 heterocycles. The van der Waals surface area contributed by atoms with E-state index in [0.717, 1.165) is 11.6 Å². The summed E-state index contributed by atoms with van der Waals surface area (Å²) in [5, 5.41) is 11.7. The van der Waals surface area contributed by atoms with E-state index in [-0.39, 0.29) is 5.91 Å². The first-order chi connectivity index (χ1) is 9.47. The van der Waals surface area contributed by atoms with Crippen molar-refractivity contribution in [1.29, 1.82) is 0 Å². The van der Waals surface area contributed by atoms with Gasteiger partial charge in [0.1, 0.15) is 0 Å². The highest BCUT2D eigenvalue weighted by Crippen LogP contribution is 2.20. The van der Waals surface area contributed by atoms with E-state index >= 15 is 0 Å². The molecule has 20 heavy (non-hydrogen) atoms. The van der Waals surface area contributed by atoms with E-state index in [9.17, 15) is 9.18 Å². The van der Waals surface area contributed by atoms with Crippen LogP contribution in [0.3, 0.4) is 0 Å². The van der Waals surface area contributed by atoms with Crippen molar-refractivity contribution < 1.29 is 14.3 Å². The molecule has 2 rings (SSSR count). The van der Waals surface area contributed by atoms with Crippen LogP contribution in [-0.4, -0.2) is 11.0 Å². The zero-order chi connectivity index (χ0) is 14.7. The number of phenols is 1. The predicted octanol–water partition coefficient (Wildman–Crippen LogP) is 3.91. The molecule has 0 saturated carbocycles. The molecule has 0 atom stereocenters. The largest absolute Gasteiger partial charge is 0.505 e. The number of anilines is 1. The smallest absolute Gasteiger partial charge is 0.255 e. The maximum Gasteiger partial charge on any atom is 0.255 e. The number of hydrogen-bond acceptors (Lipinski definition) is 2. The number of halogens is 1. The molecule has 0 aromatic heterocycles. The van der Waals surface area contributed by atoms with Crippen LogP contribution in [0.25, 0.3) is 0 Å². The monoisotopic (exact) mass is 273 g/mol. The highest BCUT2D eigenvalue weighted by Gasteiger charge is 2.08. The summed E-state index contributed by atoms with van der Waals surface area (Å²) in [5.41, 5.74) is 1.96. The van der Waals surface area contributed by atoms with E-state index in [2.05, 4.69) is 19.2 Å². The van der Waals surface area contributed by atoms with Crippen LogP contribution in [0.15, 0.2) is 42.5 Å². The van der Waals surface area contributed by atoms with Crippen LogP contribution >= 0.6 is 0 Å². The Morgan fingerprint density at radius 1 is 1.15 bits per heavy atom. The van der Waals surface area contributed by atoms with Crippen molar-refractivity contribution in [3.05, 3.63) is 59.4 Å². The number of carbonyl (C=O) groups is 1. The van der Waals surface area contributed by atoms with Gasteiger partial charge in [0.25, 0.3) is 5.91 Å². The zero-order valence-electron chi connectivity index (χ0n) is 11.4. The molecule has 0 aliphatic heterocycles. The van der Waals surface area contributed by atoms with E-state index in [0.29, 0.717) is 17.2 Å². The van der Waals surface area contributed by atoms with Crippen molar-refractivity contribution in [2.75, 3.05) is 5.32 Å². The summed E-state index contributed by atoms with van der Waals surface area (Å²) in [5.74, 6) is -1.12. The van der Waals surface area contributed by atoms with Crippen molar-refractivity contribution in [2.24, 2.45) is 0 Å². The fourth-order valence-corrected chi connectivity index (χ4v) is 1.81. The first kappa shape index (κ1) is 14.1. The van der Waals surface area contributed by atoms with Crippen molar-refractivity contribution in [3.8, 4) is 5.75 Å². The third-order valence-corrected chi connectivity index (χ3v) is 3.05. The lowest BCUT2D eigenvalue weighted by atomic mass is 10.0. The molecule has 1 amide bonds. The fraction of sp³-hybridized carbons (Fsp3) is 0.188. The van der Waals surface area contributed by atoms with Crippen LogP contribution in [0.4, 0.5) is 10.1 Å². The Bertz CT molecular complexity index is 621. The first-order valence-electron chi connectivity index (χ1n) is 6.37. The molecule has 2 aromatic rings. The lowest BCUT2D eigenvalue weighted by Gasteiger charge is -2.08. The van der Waals surface area contributed by atoms with Gasteiger partial charge in [0.05, 0.1) is 0 Å². The minimum atomic E-state index is -0.766. The van der Waals surface area contributed by atoms with Gasteiger partial charge in [0, 0.05) is 17.3 Å². The third kappa shape index (κ3) is 3.15. The molecule has 0 radical (unpaired) electrons. The molecule has 0 unspecified atom stereocenters. The first-order valence-corrected chi connectivity index (χ1v) is 6.37. The lowest BCUT2D eigenvalue weighted by Crippen LogP contribution is -2.12. The molecular weight excluding hydrogens is 257 g/mol. The summed E-state index contributed by atoms with van der Waals surface area (Å²) < 4.78 is 13.2. The summed E-state index contributed by atoms with van der Waals surface area (Å²) in [4.78, 5) is 12.0. The number of nitrogens with one attached hydrogen (secondary N) is 1. The average molecular weight is 273 g/mol. The van der Waals surface area contributed by atoms with Crippen LogP contribution in [0, 0.1) is 5.82 Å². The van der Waals surface area contributed by atoms with Crippen LogP contribution in [0.2, 0.25) is 0 Å². The minimum Gasteiger partial charge on any atom is -0.505 e. The van der Waals surface area contributed by atoms with Gasteiger partial charge in [0.2, 0.25) is 0 Å². The normalized spacial score (nSPS) is 10.6. The van der Waals surface area contributed by atoms with Gasteiger partial charge in [-0.15, -0.1) is 0 Å². The molecule has 0 aliphatic rings. The summed E-state index contributed by atoms with van der Waals surface area (Å²) >= 11 is 0. The summed E-state index contributed by atoms with van der Waals surface area (Å²) in [6, 6.07) is 11.0. The highest BCUT2D eigenvalue weighted by atomic mass is 19.1. The molecule has 0 aliphatic carbocycles. The summed E-state index contributed by atoms with van der Waals surface area (Å²) in [6.07, 6.45) is 0. The number of aromatic hydroxyl groups is 1. The van der Waals surface area contributed by atoms with Gasteiger partial charge < -0.3 is 10.4 Å². The Morgan fingerprint density at radius 3 is 2.35 bits per heavy atom. The van der Waals surface area contributed by atoms with Gasteiger partial charge in [-0.1, -0.05) is 26.0 Å². The van der Waals surface area contributed by atoms with E-state index in [1.807, 2.05) is 12.1 Å². The van der Waals surface area contributed by atoms with Crippen LogP contribution in [-0.2, 0) is 0 Å². The van der Waals surface area contributed by atoms with Crippen LogP contribution in [0.5, 0.6) is 5.75 Å². The van der Waals surface area contributed by atoms with Gasteiger partial charge in [-0.05, 0) is 35.7 Å². The summed E-state index contributed by atoms with van der Waals surface area (Å²) in [6.45, 7) is 4.16. The highest BCUT2D eigenvalue weighted by molar-refractivity contribution is 6.04. The fourth-order valence-electron chi connectivity index (χ4n) is 1.81. The molecule has 0 spiro atoms. The Kier molecular flexibility index (Phi) is 4.03. The van der Waals surface area contributed by atoms with Gasteiger partial charge in [-0.3, -0.25) is 4.79 Å². The topological polar surface area (TPSA) is 49.3 Å². The van der Waals surface area contributed by atoms with Crippen LogP contribution in [0.1, 0.15) is 35.7 Å². The van der Waals surface area contributed by atoms with Crippen molar-refractivity contribution in [1.82, 2.24) is 0 Å². The molecule has 0 fully saturated rings. The Balaban J connectivity index is 2.13. The van der Waals surface area contributed by atoms with Crippen molar-refractivity contribution in [3.63, 3.8) is 0 Å². The van der Waals surface area contributed by atoms with E-state index in [1.54, 1.807) is 12.1 Å². The summed E-state index contributed by atoms with van der Waals surface area (Å²) in [7, 11) is 0. The molecule has 3 nitrogen and oxygen atoms in total. The minimum absolute atomic E-state index is 0.304. The van der Waals surface area contributed by atoms with Gasteiger partial charge >= 0.3 is 0 Å². The molecule has 4 heteroatoms. The second kappa shape index (κ2) is 5.74. The predicted molar refractivity (Wildman–Crippen MR) is 76.5 cm³/mol. The average Bonchev–Trinajstić information content (AvgIpc) is 2.43. The molecule has 104 valence electrons. The number of rotatable bonds is 3. The molecule has 2 N–H and O–H groups in total. The SMILES string of the molecule is CC(C)c1ccc(C(=O)Nc2ccc(O)c(F)c2)cc1. The standard InChI is InChI=1S/C16H16FNO2/c1-10(2)11-3-5-12(6-4-11)16(20)18-13-7-8-15(19)14(17)9-13/h3-10,19H,1-2H3,(H,18,20). The maximum atomic E-state index is 13.2. The second-order valence-corrected chi connectivity index (χ2v) is 4.90. The van der Waals surface area contributed by atoms with Crippen molar-refractivity contribution in [2.45, 2.75) is 19.8 Å². The Morgan fingerprint density at radius 2 is 1.80 bits per heavy atom. The van der Waals surface area contributed by atoms with Crippen molar-refractivity contribution >= 4 is 11.6 Å². The molecule has 0 saturated heterocycles. The lowest BCUT2D eigenvalue weighted by molar-refractivity contribution is 0.102. The van der Waals surface area contributed by atoms with Crippen LogP contribution < -0.4 is 5.32 Å². The van der Waals surface area contributed by atoms with E-state index in [1.165, 1.54) is 12.1 Å². The molecule has 2 aromatic carbocycles. The maximum absolute atomic E-state index is 13.2. The number of phenolic OH excluding ortho intramolecular Hbond substituents is 1. The van der Waals surface area contributed by atoms with E-state index < -0.39 is 11.6 Å². The molecule has 0 bridgehead atoms. The number of amides is 1. The number of hydrogen-bond donors (Lipinski definition) is 2. The molecular formula is C16H16FNO2. The third-order valence-electron chi connectivity index (χ3n) is 3.05. The number of carbonyl (C=O) groups excluding carboxylic acids is 1. The second-order valence-electron chi connectivity index (χ2n) is 4.90. The Labute approximate surface area is 117 Å². The quantitative estimate of drug-likeness (QED) is 0.833. The van der Waals surface area contributed by atoms with Gasteiger partial charge in [-0.2, -0.15) is 0 Å². The zero-order valence-corrected chi connectivity index (χ0v) is 11.4. The Hall–Kier alpha value is -2.36. The van der Waals surface area contributed by atoms with Gasteiger partial charge in [-0.25, -0.2) is 4.39 Å². The number of benzene rings is 2.